The van der Waals surface area contributed by atoms with Gasteiger partial charge in [0.05, 0.1) is 0 Å². The third-order valence-electron chi connectivity index (χ3n) is 2.78. The molecule has 2 fully saturated rings. The molecular weight excluding hydrogens is 340 g/mol. The topological polar surface area (TPSA) is 149 Å². The van der Waals surface area contributed by atoms with Gasteiger partial charge in [-0.3, -0.25) is 38.6 Å². The van der Waals surface area contributed by atoms with E-state index in [4.69, 9.17) is 10.2 Å². The van der Waals surface area contributed by atoms with Gasteiger partial charge in [-0.2, -0.15) is 0 Å². The van der Waals surface area contributed by atoms with Gasteiger partial charge in [-0.25, -0.2) is 0 Å². The summed E-state index contributed by atoms with van der Waals surface area (Å²) in [7, 11) is 0. The van der Waals surface area contributed by atoms with Gasteiger partial charge in [0.15, 0.2) is 0 Å². The number of rotatable bonds is 5. The number of imide groups is 2. The highest BCUT2D eigenvalue weighted by Crippen LogP contribution is 2.39. The van der Waals surface area contributed by atoms with E-state index in [1.165, 1.54) is 0 Å². The molecule has 0 aromatic rings. The summed E-state index contributed by atoms with van der Waals surface area (Å²) in [5.41, 5.74) is 0. The summed E-state index contributed by atoms with van der Waals surface area (Å²) in [6, 6.07) is 0. The Labute approximate surface area is 130 Å². The Kier molecular flexibility index (Phi) is 4.42. The van der Waals surface area contributed by atoms with E-state index in [2.05, 4.69) is 0 Å². The Hall–Kier alpha value is -2.08. The van der Waals surface area contributed by atoms with E-state index >= 15 is 0 Å². The standard InChI is InChI=1S/C10H8N2O8S2/c13-3(14)1-11-7(17)5(21-9(11)19)6-8(18)12(2-4(15)16)10(20)22-6/h5-6H,1-2H2,(H,13,14)(H,15,16)/t5-,6-/m0/s1. The van der Waals surface area contributed by atoms with Crippen molar-refractivity contribution in [3.05, 3.63) is 0 Å². The van der Waals surface area contributed by atoms with Gasteiger partial charge in [0.2, 0.25) is 11.8 Å². The number of hydrogen-bond donors (Lipinski definition) is 2. The van der Waals surface area contributed by atoms with Gasteiger partial charge in [0.25, 0.3) is 10.5 Å². The molecule has 0 aromatic heterocycles. The number of carbonyl (C=O) groups excluding carboxylic acids is 4. The highest BCUT2D eigenvalue weighted by atomic mass is 32.2. The van der Waals surface area contributed by atoms with Crippen LogP contribution in [0.2, 0.25) is 0 Å². The summed E-state index contributed by atoms with van der Waals surface area (Å²) in [6.45, 7) is -1.67. The van der Waals surface area contributed by atoms with Crippen LogP contribution in [0, 0.1) is 0 Å². The first-order chi connectivity index (χ1) is 10.2. The number of carboxylic acids is 2. The minimum absolute atomic E-state index is 0.454. The summed E-state index contributed by atoms with van der Waals surface area (Å²) in [5, 5.41) is 13.1. The number of hydrogen-bond acceptors (Lipinski definition) is 8. The lowest BCUT2D eigenvalue weighted by molar-refractivity contribution is -0.143. The number of thioether (sulfide) groups is 2. The van der Waals surface area contributed by atoms with Gasteiger partial charge in [0.1, 0.15) is 23.6 Å². The van der Waals surface area contributed by atoms with Crippen molar-refractivity contribution in [1.82, 2.24) is 9.80 Å². The fraction of sp³-hybridized carbons (Fsp3) is 0.400. The van der Waals surface area contributed by atoms with E-state index in [1.54, 1.807) is 0 Å². The number of carboxylic acid groups (broad SMARTS) is 2. The molecule has 2 aliphatic rings. The molecule has 0 bridgehead atoms. The summed E-state index contributed by atoms with van der Waals surface area (Å²) in [4.78, 5) is 69.5. The normalized spacial score (nSPS) is 25.3. The van der Waals surface area contributed by atoms with Gasteiger partial charge in [-0.15, -0.1) is 0 Å². The molecule has 4 amide bonds. The maximum atomic E-state index is 12.0. The molecule has 2 heterocycles. The molecule has 0 spiro atoms. The molecule has 22 heavy (non-hydrogen) atoms. The lowest BCUT2D eigenvalue weighted by Gasteiger charge is -2.14. The Morgan fingerprint density at radius 3 is 1.41 bits per heavy atom. The van der Waals surface area contributed by atoms with E-state index in [-0.39, 0.29) is 0 Å². The van der Waals surface area contributed by atoms with Gasteiger partial charge < -0.3 is 10.2 Å². The molecular formula is C10H8N2O8S2. The lowest BCUT2D eigenvalue weighted by Crippen LogP contribution is -2.42. The minimum Gasteiger partial charge on any atom is -0.480 e. The maximum absolute atomic E-state index is 12.0. The summed E-state index contributed by atoms with van der Waals surface area (Å²) < 4.78 is 0. The van der Waals surface area contributed by atoms with Gasteiger partial charge in [-0.1, -0.05) is 0 Å². The fourth-order valence-corrected chi connectivity index (χ4v) is 4.14. The second kappa shape index (κ2) is 5.96. The van der Waals surface area contributed by atoms with Crippen molar-refractivity contribution in [3.8, 4) is 0 Å². The lowest BCUT2D eigenvalue weighted by atomic mass is 10.2. The third kappa shape index (κ3) is 2.92. The zero-order chi connectivity index (χ0) is 16.6. The smallest absolute Gasteiger partial charge is 0.323 e. The first kappa shape index (κ1) is 16.3. The average Bonchev–Trinajstić information content (AvgIpc) is 2.82. The molecule has 2 rings (SSSR count). The van der Waals surface area contributed by atoms with Crippen molar-refractivity contribution in [2.75, 3.05) is 13.1 Å². The Morgan fingerprint density at radius 1 is 0.818 bits per heavy atom. The van der Waals surface area contributed by atoms with Crippen LogP contribution in [0.3, 0.4) is 0 Å². The van der Waals surface area contributed by atoms with E-state index in [1.807, 2.05) is 0 Å². The predicted molar refractivity (Wildman–Crippen MR) is 72.2 cm³/mol. The second-order valence-corrected chi connectivity index (χ2v) is 6.43. The summed E-state index contributed by atoms with van der Waals surface area (Å²) in [6.07, 6.45) is 0. The Bertz CT molecular complexity index is 554. The van der Waals surface area contributed by atoms with Crippen molar-refractivity contribution in [2.45, 2.75) is 10.5 Å². The van der Waals surface area contributed by atoms with E-state index in [9.17, 15) is 28.8 Å². The highest BCUT2D eigenvalue weighted by Gasteiger charge is 2.53. The summed E-state index contributed by atoms with van der Waals surface area (Å²) in [5.74, 6) is -4.55. The molecule has 2 saturated heterocycles. The van der Waals surface area contributed by atoms with Crippen LogP contribution in [-0.2, 0) is 19.2 Å². The number of nitrogens with zero attached hydrogens (tertiary/aromatic N) is 2. The van der Waals surface area contributed by atoms with Crippen molar-refractivity contribution in [1.29, 1.82) is 0 Å². The van der Waals surface area contributed by atoms with Crippen LogP contribution in [0.4, 0.5) is 9.59 Å². The van der Waals surface area contributed by atoms with Crippen molar-refractivity contribution in [2.24, 2.45) is 0 Å². The third-order valence-corrected chi connectivity index (χ3v) is 5.25. The zero-order valence-electron chi connectivity index (χ0n) is 10.6. The molecule has 0 aliphatic carbocycles. The van der Waals surface area contributed by atoms with Crippen LogP contribution < -0.4 is 0 Å². The predicted octanol–water partition coefficient (Wildman–Crippen LogP) is -0.716. The zero-order valence-corrected chi connectivity index (χ0v) is 12.3. The van der Waals surface area contributed by atoms with Crippen LogP contribution in [0.1, 0.15) is 0 Å². The van der Waals surface area contributed by atoms with Crippen molar-refractivity contribution < 1.29 is 39.0 Å². The quantitative estimate of drug-likeness (QED) is 0.652. The molecule has 0 radical (unpaired) electrons. The first-order valence-corrected chi connectivity index (χ1v) is 7.46. The molecule has 2 atom stereocenters. The van der Waals surface area contributed by atoms with Gasteiger partial charge in [0, 0.05) is 0 Å². The van der Waals surface area contributed by atoms with Crippen LogP contribution in [0.25, 0.3) is 0 Å². The Balaban J connectivity index is 2.16. The van der Waals surface area contributed by atoms with Crippen LogP contribution >= 0.6 is 23.5 Å². The molecule has 2 N–H and O–H groups in total. The fourth-order valence-electron chi connectivity index (χ4n) is 1.87. The van der Waals surface area contributed by atoms with Crippen LogP contribution in [0.5, 0.6) is 0 Å². The SMILES string of the molecule is O=C(O)CN1C(=O)S[C@@H]([C@@H]2SC(=O)N(CC(=O)O)C2=O)C1=O. The maximum Gasteiger partial charge on any atom is 0.323 e. The largest absolute Gasteiger partial charge is 0.480 e. The number of aliphatic carboxylic acids is 2. The van der Waals surface area contributed by atoms with E-state index < -0.39 is 57.8 Å². The van der Waals surface area contributed by atoms with E-state index in [0.29, 0.717) is 33.3 Å². The molecule has 0 aromatic carbocycles. The molecule has 0 unspecified atom stereocenters. The van der Waals surface area contributed by atoms with E-state index in [0.717, 1.165) is 0 Å². The molecule has 118 valence electrons. The average molecular weight is 348 g/mol. The monoisotopic (exact) mass is 348 g/mol. The highest BCUT2D eigenvalue weighted by molar-refractivity contribution is 8.19. The van der Waals surface area contributed by atoms with Gasteiger partial charge >= 0.3 is 11.9 Å². The summed E-state index contributed by atoms with van der Waals surface area (Å²) >= 11 is 0.908. The minimum atomic E-state index is -1.39. The molecule has 2 aliphatic heterocycles. The number of amides is 4. The molecule has 10 nitrogen and oxygen atoms in total. The molecule has 12 heteroatoms. The Morgan fingerprint density at radius 2 is 1.14 bits per heavy atom. The number of carbonyl (C=O) groups is 6. The van der Waals surface area contributed by atoms with Crippen LogP contribution in [-0.4, -0.2) is 77.8 Å². The molecule has 0 saturated carbocycles. The van der Waals surface area contributed by atoms with Crippen molar-refractivity contribution >= 4 is 57.8 Å². The van der Waals surface area contributed by atoms with Crippen molar-refractivity contribution in [3.63, 3.8) is 0 Å². The van der Waals surface area contributed by atoms with Gasteiger partial charge in [-0.05, 0) is 23.5 Å². The first-order valence-electron chi connectivity index (χ1n) is 5.70. The van der Waals surface area contributed by atoms with Crippen LogP contribution in [0.15, 0.2) is 0 Å². The second-order valence-electron chi connectivity index (χ2n) is 4.24.